The summed E-state index contributed by atoms with van der Waals surface area (Å²) in [7, 11) is 0. The molecule has 0 aromatic carbocycles. The smallest absolute Gasteiger partial charge is 0.323 e. The lowest BCUT2D eigenvalue weighted by molar-refractivity contribution is -0.144. The molecule has 0 saturated heterocycles. The fourth-order valence-corrected chi connectivity index (χ4v) is 2.09. The first kappa shape index (κ1) is 13.0. The predicted octanol–water partition coefficient (Wildman–Crippen LogP) is 0.483. The summed E-state index contributed by atoms with van der Waals surface area (Å²) in [4.78, 5) is 21.9. The van der Waals surface area contributed by atoms with Gasteiger partial charge >= 0.3 is 5.97 Å². The summed E-state index contributed by atoms with van der Waals surface area (Å²) in [5.74, 6) is -1.13. The van der Waals surface area contributed by atoms with E-state index in [4.69, 9.17) is 10.8 Å². The lowest BCUT2D eigenvalue weighted by Gasteiger charge is -2.33. The molecule has 0 bridgehead atoms. The van der Waals surface area contributed by atoms with Gasteiger partial charge in [0.05, 0.1) is 0 Å². The molecule has 0 unspecified atom stereocenters. The Morgan fingerprint density at radius 3 is 2.12 bits per heavy atom. The zero-order chi connectivity index (χ0) is 12.3. The van der Waals surface area contributed by atoms with Gasteiger partial charge in [0.1, 0.15) is 5.54 Å². The first-order valence-corrected chi connectivity index (χ1v) is 5.63. The third-order valence-electron chi connectivity index (χ3n) is 3.23. The van der Waals surface area contributed by atoms with Gasteiger partial charge in [0.15, 0.2) is 0 Å². The zero-order valence-corrected chi connectivity index (χ0v) is 9.82. The Hall–Kier alpha value is -1.10. The SMILES string of the molecule is CC(C)(NC1CCC(C(N)=O)CC1)C(=O)O. The molecule has 0 radical (unpaired) electrons. The Kier molecular flexibility index (Phi) is 3.91. The maximum atomic E-state index is 11.0. The molecule has 92 valence electrons. The number of hydrogen-bond acceptors (Lipinski definition) is 3. The summed E-state index contributed by atoms with van der Waals surface area (Å²) in [6, 6.07) is 0.168. The average molecular weight is 228 g/mol. The van der Waals surface area contributed by atoms with Crippen molar-refractivity contribution in [2.24, 2.45) is 11.7 Å². The number of carboxylic acids is 1. The van der Waals surface area contributed by atoms with Crippen LogP contribution in [0.1, 0.15) is 39.5 Å². The Morgan fingerprint density at radius 2 is 1.75 bits per heavy atom. The Labute approximate surface area is 95.4 Å². The molecule has 1 aliphatic carbocycles. The van der Waals surface area contributed by atoms with Gasteiger partial charge in [-0.15, -0.1) is 0 Å². The number of rotatable bonds is 4. The van der Waals surface area contributed by atoms with Crippen LogP contribution in [0.3, 0.4) is 0 Å². The second-order valence-electron chi connectivity index (χ2n) is 5.03. The minimum atomic E-state index is -0.912. The fourth-order valence-electron chi connectivity index (χ4n) is 2.09. The highest BCUT2D eigenvalue weighted by Crippen LogP contribution is 2.25. The molecule has 1 amide bonds. The minimum Gasteiger partial charge on any atom is -0.480 e. The molecule has 5 heteroatoms. The second kappa shape index (κ2) is 4.82. The molecule has 1 aliphatic rings. The average Bonchev–Trinajstić information content (AvgIpc) is 2.17. The highest BCUT2D eigenvalue weighted by atomic mass is 16.4. The van der Waals surface area contributed by atoms with Crippen molar-refractivity contribution in [3.8, 4) is 0 Å². The van der Waals surface area contributed by atoms with Crippen molar-refractivity contribution >= 4 is 11.9 Å². The van der Waals surface area contributed by atoms with E-state index in [1.54, 1.807) is 13.8 Å². The van der Waals surface area contributed by atoms with Gasteiger partial charge in [-0.1, -0.05) is 0 Å². The zero-order valence-electron chi connectivity index (χ0n) is 9.82. The lowest BCUT2D eigenvalue weighted by Crippen LogP contribution is -2.52. The van der Waals surface area contributed by atoms with E-state index in [2.05, 4.69) is 5.32 Å². The fraction of sp³-hybridized carbons (Fsp3) is 0.818. The van der Waals surface area contributed by atoms with Crippen LogP contribution in [0.5, 0.6) is 0 Å². The standard InChI is InChI=1S/C11H20N2O3/c1-11(2,10(15)16)13-8-5-3-7(4-6-8)9(12)14/h7-8,13H,3-6H2,1-2H3,(H2,12,14)(H,15,16). The highest BCUT2D eigenvalue weighted by Gasteiger charge is 2.32. The summed E-state index contributed by atoms with van der Waals surface area (Å²) in [5.41, 5.74) is 4.32. The Balaban J connectivity index is 2.43. The molecule has 0 aromatic rings. The van der Waals surface area contributed by atoms with Gasteiger partial charge < -0.3 is 10.8 Å². The molecule has 4 N–H and O–H groups in total. The van der Waals surface area contributed by atoms with Crippen molar-refractivity contribution in [1.29, 1.82) is 0 Å². The van der Waals surface area contributed by atoms with Crippen LogP contribution in [0.25, 0.3) is 0 Å². The van der Waals surface area contributed by atoms with Gasteiger partial charge in [-0.05, 0) is 39.5 Å². The van der Waals surface area contributed by atoms with Crippen molar-refractivity contribution in [2.45, 2.75) is 51.1 Å². The number of nitrogens with one attached hydrogen (secondary N) is 1. The van der Waals surface area contributed by atoms with Crippen LogP contribution in [0.15, 0.2) is 0 Å². The maximum Gasteiger partial charge on any atom is 0.323 e. The van der Waals surface area contributed by atoms with Crippen molar-refractivity contribution in [3.63, 3.8) is 0 Å². The molecule has 5 nitrogen and oxygen atoms in total. The van der Waals surface area contributed by atoms with E-state index in [0.717, 1.165) is 25.7 Å². The summed E-state index contributed by atoms with van der Waals surface area (Å²) < 4.78 is 0. The molecule has 1 rings (SSSR count). The van der Waals surface area contributed by atoms with Gasteiger partial charge in [0.2, 0.25) is 5.91 Å². The van der Waals surface area contributed by atoms with Crippen molar-refractivity contribution in [2.75, 3.05) is 0 Å². The van der Waals surface area contributed by atoms with E-state index in [9.17, 15) is 9.59 Å². The van der Waals surface area contributed by atoms with Gasteiger partial charge in [0.25, 0.3) is 0 Å². The van der Waals surface area contributed by atoms with E-state index in [-0.39, 0.29) is 17.9 Å². The number of carboxylic acid groups (broad SMARTS) is 1. The minimum absolute atomic E-state index is 0.0361. The van der Waals surface area contributed by atoms with Crippen LogP contribution in [-0.2, 0) is 9.59 Å². The third kappa shape index (κ3) is 3.20. The van der Waals surface area contributed by atoms with Crippen molar-refractivity contribution in [3.05, 3.63) is 0 Å². The summed E-state index contributed by atoms with van der Waals surface area (Å²) in [6.07, 6.45) is 3.13. The van der Waals surface area contributed by atoms with E-state index in [0.29, 0.717) is 0 Å². The number of carbonyl (C=O) groups excluding carboxylic acids is 1. The van der Waals surface area contributed by atoms with Crippen LogP contribution in [0, 0.1) is 5.92 Å². The molecule has 0 heterocycles. The highest BCUT2D eigenvalue weighted by molar-refractivity contribution is 5.78. The summed E-state index contributed by atoms with van der Waals surface area (Å²) in [6.45, 7) is 3.30. The normalized spacial score (nSPS) is 26.4. The Bertz CT molecular complexity index is 281. The Morgan fingerprint density at radius 1 is 1.25 bits per heavy atom. The second-order valence-corrected chi connectivity index (χ2v) is 5.03. The van der Waals surface area contributed by atoms with E-state index < -0.39 is 11.5 Å². The van der Waals surface area contributed by atoms with Crippen LogP contribution in [-0.4, -0.2) is 28.6 Å². The topological polar surface area (TPSA) is 92.4 Å². The van der Waals surface area contributed by atoms with E-state index in [1.165, 1.54) is 0 Å². The molecular formula is C11H20N2O3. The monoisotopic (exact) mass is 228 g/mol. The van der Waals surface area contributed by atoms with Gasteiger partial charge in [-0.3, -0.25) is 14.9 Å². The molecular weight excluding hydrogens is 208 g/mol. The van der Waals surface area contributed by atoms with Crippen LogP contribution < -0.4 is 11.1 Å². The number of nitrogens with two attached hydrogens (primary N) is 1. The maximum absolute atomic E-state index is 11.0. The largest absolute Gasteiger partial charge is 0.480 e. The quantitative estimate of drug-likeness (QED) is 0.652. The molecule has 0 atom stereocenters. The van der Waals surface area contributed by atoms with Gasteiger partial charge in [0, 0.05) is 12.0 Å². The van der Waals surface area contributed by atoms with Gasteiger partial charge in [-0.2, -0.15) is 0 Å². The van der Waals surface area contributed by atoms with E-state index >= 15 is 0 Å². The van der Waals surface area contributed by atoms with Crippen LogP contribution >= 0.6 is 0 Å². The number of amides is 1. The summed E-state index contributed by atoms with van der Waals surface area (Å²) >= 11 is 0. The molecule has 1 saturated carbocycles. The van der Waals surface area contributed by atoms with Crippen LogP contribution in [0.2, 0.25) is 0 Å². The predicted molar refractivity (Wildman–Crippen MR) is 59.8 cm³/mol. The number of hydrogen-bond donors (Lipinski definition) is 3. The van der Waals surface area contributed by atoms with Gasteiger partial charge in [-0.25, -0.2) is 0 Å². The van der Waals surface area contributed by atoms with Crippen molar-refractivity contribution < 1.29 is 14.7 Å². The van der Waals surface area contributed by atoms with E-state index in [1.807, 2.05) is 0 Å². The summed E-state index contributed by atoms with van der Waals surface area (Å²) in [5, 5.41) is 12.1. The number of carbonyl (C=O) groups is 2. The number of primary amides is 1. The first-order chi connectivity index (χ1) is 7.33. The lowest BCUT2D eigenvalue weighted by atomic mass is 9.84. The van der Waals surface area contributed by atoms with Crippen molar-refractivity contribution in [1.82, 2.24) is 5.32 Å². The van der Waals surface area contributed by atoms with Crippen LogP contribution in [0.4, 0.5) is 0 Å². The molecule has 0 spiro atoms. The molecule has 0 aromatic heterocycles. The molecule has 16 heavy (non-hydrogen) atoms. The third-order valence-corrected chi connectivity index (χ3v) is 3.23. The molecule has 1 fully saturated rings. The molecule has 0 aliphatic heterocycles. The number of aliphatic carboxylic acids is 1. The first-order valence-electron chi connectivity index (χ1n) is 5.63.